The first kappa shape index (κ1) is 24.0. The van der Waals surface area contributed by atoms with E-state index in [1.165, 1.54) is 6.20 Å². The van der Waals surface area contributed by atoms with Gasteiger partial charge in [-0.1, -0.05) is 6.07 Å². The summed E-state index contributed by atoms with van der Waals surface area (Å²) in [6, 6.07) is 10.6. The Morgan fingerprint density at radius 2 is 1.94 bits per heavy atom. The molecule has 180 valence electrons. The number of hydrogen-bond acceptors (Lipinski definition) is 7. The number of methoxy groups -OCH3 is 1. The molecule has 0 aliphatic carbocycles. The van der Waals surface area contributed by atoms with Crippen LogP contribution in [0.5, 0.6) is 5.75 Å². The Balaban J connectivity index is 1.91. The number of sulfone groups is 1. The highest BCUT2D eigenvalue weighted by molar-refractivity contribution is 7.91. The minimum atomic E-state index is -3.88. The van der Waals surface area contributed by atoms with Crippen LogP contribution in [0.1, 0.15) is 30.9 Å². The van der Waals surface area contributed by atoms with Gasteiger partial charge in [-0.15, -0.1) is 0 Å². The van der Waals surface area contributed by atoms with Crippen molar-refractivity contribution >= 4 is 32.4 Å². The lowest BCUT2D eigenvalue weighted by molar-refractivity contribution is -0.148. The zero-order valence-electron chi connectivity index (χ0n) is 20.0. The highest BCUT2D eigenvalue weighted by Crippen LogP contribution is 2.39. The number of aromatic nitrogens is 1. The summed E-state index contributed by atoms with van der Waals surface area (Å²) in [5.74, 6) is 0.0386. The first-order valence-electron chi connectivity index (χ1n) is 11.5. The van der Waals surface area contributed by atoms with Crippen LogP contribution in [-0.2, 0) is 19.4 Å². The molecule has 0 bridgehead atoms. The number of aryl methyl sites for hydroxylation is 2. The average Bonchev–Trinajstić information content (AvgIpc) is 2.84. The van der Waals surface area contributed by atoms with Crippen LogP contribution < -0.4 is 9.64 Å². The molecule has 0 radical (unpaired) electrons. The predicted octanol–water partition coefficient (Wildman–Crippen LogP) is 4.47. The largest absolute Gasteiger partial charge is 0.497 e. The van der Waals surface area contributed by atoms with Gasteiger partial charge in [0.05, 0.1) is 35.7 Å². The number of anilines is 1. The van der Waals surface area contributed by atoms with Crippen LogP contribution in [0.25, 0.3) is 10.9 Å². The molecule has 2 aromatic carbocycles. The second kappa shape index (κ2) is 9.62. The van der Waals surface area contributed by atoms with Crippen molar-refractivity contribution in [3.63, 3.8) is 0 Å². The van der Waals surface area contributed by atoms with E-state index in [0.29, 0.717) is 48.5 Å². The zero-order valence-corrected chi connectivity index (χ0v) is 20.8. The third-order valence-electron chi connectivity index (χ3n) is 6.45. The number of fused-ring (bicyclic) bond motifs is 1. The summed E-state index contributed by atoms with van der Waals surface area (Å²) in [6.07, 6.45) is 2.89. The summed E-state index contributed by atoms with van der Waals surface area (Å²) < 4.78 is 38.5. The Morgan fingerprint density at radius 3 is 2.65 bits per heavy atom. The molecular weight excluding hydrogens is 452 g/mol. The molecule has 3 aromatic rings. The molecule has 0 unspecified atom stereocenters. The molecule has 8 heteroatoms. The van der Waals surface area contributed by atoms with Gasteiger partial charge in [-0.05, 0) is 75.1 Å². The Morgan fingerprint density at radius 1 is 1.15 bits per heavy atom. The van der Waals surface area contributed by atoms with E-state index >= 15 is 0 Å². The van der Waals surface area contributed by atoms with Crippen LogP contribution in [0.2, 0.25) is 0 Å². The number of pyridine rings is 1. The van der Waals surface area contributed by atoms with E-state index in [9.17, 15) is 13.2 Å². The van der Waals surface area contributed by atoms with E-state index < -0.39 is 9.84 Å². The average molecular weight is 483 g/mol. The van der Waals surface area contributed by atoms with E-state index in [-0.39, 0.29) is 21.7 Å². The van der Waals surface area contributed by atoms with Gasteiger partial charge in [0, 0.05) is 24.7 Å². The third kappa shape index (κ3) is 4.46. The molecule has 34 heavy (non-hydrogen) atoms. The number of nitrogens with zero attached hydrogens (tertiary/aromatic N) is 2. The quantitative estimate of drug-likeness (QED) is 0.479. The highest BCUT2D eigenvalue weighted by atomic mass is 32.2. The minimum absolute atomic E-state index is 0.126. The number of piperidine rings is 1. The molecule has 1 fully saturated rings. The topological polar surface area (TPSA) is 85.8 Å². The molecule has 1 aliphatic rings. The number of ether oxygens (including phenoxy) is 2. The van der Waals surface area contributed by atoms with Crippen molar-refractivity contribution in [2.45, 2.75) is 43.4 Å². The molecule has 0 spiro atoms. The molecule has 1 aromatic heterocycles. The normalized spacial score (nSPS) is 16.5. The van der Waals surface area contributed by atoms with Gasteiger partial charge >= 0.3 is 5.97 Å². The Kier molecular flexibility index (Phi) is 6.79. The van der Waals surface area contributed by atoms with Gasteiger partial charge < -0.3 is 14.4 Å². The summed E-state index contributed by atoms with van der Waals surface area (Å²) >= 11 is 0. The summed E-state index contributed by atoms with van der Waals surface area (Å²) in [6.45, 7) is 6.95. The zero-order chi connectivity index (χ0) is 24.5. The van der Waals surface area contributed by atoms with E-state index in [1.54, 1.807) is 32.2 Å². The van der Waals surface area contributed by atoms with Gasteiger partial charge in [-0.3, -0.25) is 9.78 Å². The maximum absolute atomic E-state index is 13.9. The first-order chi connectivity index (χ1) is 16.3. The maximum atomic E-state index is 13.9. The van der Waals surface area contributed by atoms with Crippen LogP contribution in [-0.4, -0.2) is 46.2 Å². The van der Waals surface area contributed by atoms with Crippen LogP contribution in [0.4, 0.5) is 5.69 Å². The third-order valence-corrected chi connectivity index (χ3v) is 8.20. The Hall–Kier alpha value is -3.13. The summed E-state index contributed by atoms with van der Waals surface area (Å²) in [5, 5.41) is 0.675. The first-order valence-corrected chi connectivity index (χ1v) is 12.9. The van der Waals surface area contributed by atoms with Gasteiger partial charge in [0.25, 0.3) is 0 Å². The second-order valence-corrected chi connectivity index (χ2v) is 10.6. The molecule has 1 atom stereocenters. The number of esters is 1. The van der Waals surface area contributed by atoms with Crippen LogP contribution in [0, 0.1) is 19.8 Å². The lowest BCUT2D eigenvalue weighted by atomic mass is 9.97. The van der Waals surface area contributed by atoms with Crippen molar-refractivity contribution in [3.05, 3.63) is 53.7 Å². The number of benzene rings is 2. The van der Waals surface area contributed by atoms with E-state index in [1.807, 2.05) is 36.9 Å². The van der Waals surface area contributed by atoms with Crippen molar-refractivity contribution in [1.82, 2.24) is 4.98 Å². The molecule has 2 heterocycles. The van der Waals surface area contributed by atoms with Crippen LogP contribution in [0.15, 0.2) is 52.4 Å². The van der Waals surface area contributed by atoms with E-state index in [0.717, 1.165) is 17.5 Å². The fourth-order valence-corrected chi connectivity index (χ4v) is 5.95. The molecular formula is C26H30N2O5S. The smallest absolute Gasteiger partial charge is 0.310 e. The van der Waals surface area contributed by atoms with Crippen molar-refractivity contribution in [2.24, 2.45) is 5.92 Å². The molecule has 7 nitrogen and oxygen atoms in total. The maximum Gasteiger partial charge on any atom is 0.310 e. The summed E-state index contributed by atoms with van der Waals surface area (Å²) in [4.78, 5) is 19.3. The van der Waals surface area contributed by atoms with Crippen molar-refractivity contribution < 1.29 is 22.7 Å². The van der Waals surface area contributed by atoms with Crippen LogP contribution >= 0.6 is 0 Å². The fraction of sp³-hybridized carbons (Fsp3) is 0.385. The van der Waals surface area contributed by atoms with Gasteiger partial charge in [-0.2, -0.15) is 0 Å². The van der Waals surface area contributed by atoms with Gasteiger partial charge in [0.2, 0.25) is 9.84 Å². The second-order valence-electron chi connectivity index (χ2n) is 8.64. The van der Waals surface area contributed by atoms with Crippen molar-refractivity contribution in [1.29, 1.82) is 0 Å². The lowest BCUT2D eigenvalue weighted by Crippen LogP contribution is -2.40. The highest BCUT2D eigenvalue weighted by Gasteiger charge is 2.32. The van der Waals surface area contributed by atoms with E-state index in [4.69, 9.17) is 9.47 Å². The fourth-order valence-electron chi connectivity index (χ4n) is 4.43. The molecule has 0 amide bonds. The summed E-state index contributed by atoms with van der Waals surface area (Å²) in [7, 11) is -2.31. The molecule has 4 rings (SSSR count). The standard InChI is InChI=1S/C26H30N2O5S/c1-5-33-26(29)19-7-6-12-28(16-19)25-22-14-20(32-4)9-11-23(22)27-15-24(25)34(30,31)21-10-8-17(2)18(3)13-21/h8-11,13-15,19H,5-7,12,16H2,1-4H3/t19-/m0/s1. The Bertz CT molecular complexity index is 1340. The van der Waals surface area contributed by atoms with Gasteiger partial charge in [0.1, 0.15) is 10.6 Å². The number of carbonyl (C=O) groups is 1. The lowest BCUT2D eigenvalue weighted by Gasteiger charge is -2.35. The molecule has 1 saturated heterocycles. The number of rotatable bonds is 6. The van der Waals surface area contributed by atoms with Gasteiger partial charge in [-0.25, -0.2) is 8.42 Å². The molecule has 1 aliphatic heterocycles. The molecule has 0 N–H and O–H groups in total. The SMILES string of the molecule is CCOC(=O)[C@H]1CCCN(c2c(S(=O)(=O)c3ccc(C)c(C)c3)cnc3ccc(OC)cc23)C1. The van der Waals surface area contributed by atoms with E-state index in [2.05, 4.69) is 4.98 Å². The Labute approximate surface area is 200 Å². The monoisotopic (exact) mass is 482 g/mol. The number of carbonyl (C=O) groups excluding carboxylic acids is 1. The number of hydrogen-bond donors (Lipinski definition) is 0. The van der Waals surface area contributed by atoms with Crippen molar-refractivity contribution in [2.75, 3.05) is 31.7 Å². The van der Waals surface area contributed by atoms with Crippen molar-refractivity contribution in [3.8, 4) is 5.75 Å². The van der Waals surface area contributed by atoms with Crippen LogP contribution in [0.3, 0.4) is 0 Å². The predicted molar refractivity (Wildman–Crippen MR) is 131 cm³/mol. The minimum Gasteiger partial charge on any atom is -0.497 e. The molecule has 0 saturated carbocycles. The summed E-state index contributed by atoms with van der Waals surface area (Å²) in [5.41, 5.74) is 3.14. The van der Waals surface area contributed by atoms with Gasteiger partial charge in [0.15, 0.2) is 0 Å².